The highest BCUT2D eigenvalue weighted by Crippen LogP contribution is 2.21. The summed E-state index contributed by atoms with van der Waals surface area (Å²) in [4.78, 5) is 16.5. The topological polar surface area (TPSA) is 47.5 Å². The first kappa shape index (κ1) is 17.4. The van der Waals surface area contributed by atoms with Crippen molar-refractivity contribution < 1.29 is 0 Å². The van der Waals surface area contributed by atoms with Crippen LogP contribution >= 0.6 is 0 Å². The van der Waals surface area contributed by atoms with Crippen LogP contribution in [0.3, 0.4) is 0 Å². The van der Waals surface area contributed by atoms with Crippen molar-refractivity contribution in [1.82, 2.24) is 19.8 Å². The predicted octanol–water partition coefficient (Wildman–Crippen LogP) is 1.76. The third-order valence-electron chi connectivity index (χ3n) is 5.25. The van der Waals surface area contributed by atoms with Crippen LogP contribution in [0.2, 0.25) is 0 Å². The van der Waals surface area contributed by atoms with Crippen LogP contribution in [0.5, 0.6) is 0 Å². The van der Waals surface area contributed by atoms with Crippen LogP contribution < -0.4 is 10.2 Å². The van der Waals surface area contributed by atoms with Crippen molar-refractivity contribution in [2.75, 3.05) is 63.1 Å². The van der Waals surface area contributed by atoms with E-state index in [0.29, 0.717) is 6.04 Å². The zero-order valence-corrected chi connectivity index (χ0v) is 15.4. The minimum atomic E-state index is 0.352. The molecular formula is C18H32N6. The molecule has 134 valence electrons. The van der Waals surface area contributed by atoms with Crippen molar-refractivity contribution in [3.05, 3.63) is 12.3 Å². The smallest absolute Gasteiger partial charge is 0.224 e. The molecule has 1 N–H and O–H groups in total. The van der Waals surface area contributed by atoms with Gasteiger partial charge >= 0.3 is 0 Å². The first-order valence-electron chi connectivity index (χ1n) is 9.35. The Labute approximate surface area is 146 Å². The number of anilines is 2. The van der Waals surface area contributed by atoms with Gasteiger partial charge in [-0.25, -0.2) is 4.98 Å². The highest BCUT2D eigenvalue weighted by Gasteiger charge is 2.19. The van der Waals surface area contributed by atoms with E-state index in [1.165, 1.54) is 12.8 Å². The molecule has 2 saturated heterocycles. The largest absolute Gasteiger partial charge is 0.356 e. The predicted molar refractivity (Wildman–Crippen MR) is 99.7 cm³/mol. The molecule has 0 radical (unpaired) electrons. The summed E-state index contributed by atoms with van der Waals surface area (Å²) in [7, 11) is 2.19. The molecule has 1 atom stereocenters. The SMILES string of the molecule is CC1CCN(c2ccnc(NC(C)CN3CCN(C)CC3)n2)CC1. The summed E-state index contributed by atoms with van der Waals surface area (Å²) < 4.78 is 0. The molecule has 6 nitrogen and oxygen atoms in total. The summed E-state index contributed by atoms with van der Waals surface area (Å²) in [5.41, 5.74) is 0. The number of nitrogens with zero attached hydrogens (tertiary/aromatic N) is 5. The Kier molecular flexibility index (Phi) is 5.89. The highest BCUT2D eigenvalue weighted by atomic mass is 15.3. The quantitative estimate of drug-likeness (QED) is 0.887. The van der Waals surface area contributed by atoms with E-state index in [4.69, 9.17) is 4.98 Å². The van der Waals surface area contributed by atoms with Crippen LogP contribution in [0.15, 0.2) is 12.3 Å². The van der Waals surface area contributed by atoms with Crippen molar-refractivity contribution in [2.45, 2.75) is 32.7 Å². The maximum atomic E-state index is 4.74. The van der Waals surface area contributed by atoms with E-state index in [1.54, 1.807) is 0 Å². The zero-order valence-electron chi connectivity index (χ0n) is 15.4. The zero-order chi connectivity index (χ0) is 16.9. The molecule has 6 heteroatoms. The summed E-state index contributed by atoms with van der Waals surface area (Å²) >= 11 is 0. The van der Waals surface area contributed by atoms with Crippen molar-refractivity contribution in [1.29, 1.82) is 0 Å². The van der Waals surface area contributed by atoms with Gasteiger partial charge in [0.05, 0.1) is 0 Å². The highest BCUT2D eigenvalue weighted by molar-refractivity contribution is 5.43. The lowest BCUT2D eigenvalue weighted by Gasteiger charge is -2.34. The molecule has 0 amide bonds. The van der Waals surface area contributed by atoms with E-state index in [2.05, 4.69) is 45.9 Å². The molecule has 2 aliphatic rings. The van der Waals surface area contributed by atoms with E-state index in [-0.39, 0.29) is 0 Å². The van der Waals surface area contributed by atoms with E-state index in [1.807, 2.05) is 12.3 Å². The molecule has 0 spiro atoms. The second kappa shape index (κ2) is 8.12. The van der Waals surface area contributed by atoms with Crippen LogP contribution in [-0.2, 0) is 0 Å². The van der Waals surface area contributed by atoms with Crippen molar-refractivity contribution in [3.8, 4) is 0 Å². The normalized spacial score (nSPS) is 22.5. The third-order valence-corrected chi connectivity index (χ3v) is 5.25. The van der Waals surface area contributed by atoms with Gasteiger partial charge in [-0.2, -0.15) is 4.98 Å². The van der Waals surface area contributed by atoms with Crippen molar-refractivity contribution in [2.24, 2.45) is 5.92 Å². The maximum Gasteiger partial charge on any atom is 0.224 e. The van der Waals surface area contributed by atoms with Crippen LogP contribution in [0.1, 0.15) is 26.7 Å². The Morgan fingerprint density at radius 2 is 1.88 bits per heavy atom. The molecule has 0 saturated carbocycles. The van der Waals surface area contributed by atoms with Crippen molar-refractivity contribution >= 4 is 11.8 Å². The fourth-order valence-electron chi connectivity index (χ4n) is 3.52. The number of likely N-dealkylation sites (N-methyl/N-ethyl adjacent to an activating group) is 1. The lowest BCUT2D eigenvalue weighted by Crippen LogP contribution is -2.47. The molecular weight excluding hydrogens is 300 g/mol. The van der Waals surface area contributed by atoms with E-state index in [0.717, 1.165) is 63.5 Å². The summed E-state index contributed by atoms with van der Waals surface area (Å²) in [6.07, 6.45) is 4.39. The first-order chi connectivity index (χ1) is 11.6. The Morgan fingerprint density at radius 3 is 2.58 bits per heavy atom. The lowest BCUT2D eigenvalue weighted by atomic mass is 9.99. The van der Waals surface area contributed by atoms with Crippen LogP contribution in [0, 0.1) is 5.92 Å². The van der Waals surface area contributed by atoms with Gasteiger partial charge in [0.2, 0.25) is 5.95 Å². The second-order valence-corrected chi connectivity index (χ2v) is 7.56. The average Bonchev–Trinajstić information content (AvgIpc) is 2.58. The second-order valence-electron chi connectivity index (χ2n) is 7.56. The van der Waals surface area contributed by atoms with Gasteiger partial charge in [0.25, 0.3) is 0 Å². The minimum Gasteiger partial charge on any atom is -0.356 e. The van der Waals surface area contributed by atoms with Gasteiger partial charge in [0, 0.05) is 58.1 Å². The molecule has 0 bridgehead atoms. The Morgan fingerprint density at radius 1 is 1.17 bits per heavy atom. The standard InChI is InChI=1S/C18H32N6/c1-15-5-8-24(9-6-15)17-4-7-19-18(21-17)20-16(2)14-23-12-10-22(3)11-13-23/h4,7,15-16H,5-6,8-14H2,1-3H3,(H,19,20,21). The molecule has 0 aromatic carbocycles. The minimum absolute atomic E-state index is 0.352. The molecule has 24 heavy (non-hydrogen) atoms. The Bertz CT molecular complexity index is 506. The van der Waals surface area contributed by atoms with Gasteiger partial charge in [-0.1, -0.05) is 6.92 Å². The molecule has 1 aromatic heterocycles. The molecule has 3 rings (SSSR count). The van der Waals surface area contributed by atoms with Crippen LogP contribution in [-0.4, -0.2) is 78.7 Å². The maximum absolute atomic E-state index is 4.74. The van der Waals surface area contributed by atoms with Crippen molar-refractivity contribution in [3.63, 3.8) is 0 Å². The summed E-state index contributed by atoms with van der Waals surface area (Å²) in [5, 5.41) is 3.48. The Balaban J connectivity index is 1.52. The number of piperazine rings is 1. The molecule has 1 aromatic rings. The van der Waals surface area contributed by atoms with E-state index in [9.17, 15) is 0 Å². The first-order valence-corrected chi connectivity index (χ1v) is 9.35. The number of piperidine rings is 1. The van der Waals surface area contributed by atoms with Gasteiger partial charge in [-0.05, 0) is 38.8 Å². The number of rotatable bonds is 5. The lowest BCUT2D eigenvalue weighted by molar-refractivity contribution is 0.151. The molecule has 2 aliphatic heterocycles. The van der Waals surface area contributed by atoms with Gasteiger partial charge in [0.1, 0.15) is 5.82 Å². The summed E-state index contributed by atoms with van der Waals surface area (Å²) in [6, 6.07) is 2.39. The van der Waals surface area contributed by atoms with Gasteiger partial charge in [-0.15, -0.1) is 0 Å². The van der Waals surface area contributed by atoms with Gasteiger partial charge in [-0.3, -0.25) is 4.90 Å². The molecule has 0 aliphatic carbocycles. The summed E-state index contributed by atoms with van der Waals surface area (Å²) in [5.74, 6) is 2.66. The van der Waals surface area contributed by atoms with Gasteiger partial charge in [0.15, 0.2) is 0 Å². The number of aromatic nitrogens is 2. The molecule has 3 heterocycles. The van der Waals surface area contributed by atoms with E-state index >= 15 is 0 Å². The van der Waals surface area contributed by atoms with E-state index < -0.39 is 0 Å². The fourth-order valence-corrected chi connectivity index (χ4v) is 3.52. The average molecular weight is 332 g/mol. The van der Waals surface area contributed by atoms with Crippen LogP contribution in [0.25, 0.3) is 0 Å². The number of nitrogens with one attached hydrogen (secondary N) is 1. The number of hydrogen-bond donors (Lipinski definition) is 1. The summed E-state index contributed by atoms with van der Waals surface area (Å²) in [6.45, 7) is 12.4. The molecule has 1 unspecified atom stereocenters. The Hall–Kier alpha value is -1.40. The van der Waals surface area contributed by atoms with Gasteiger partial charge < -0.3 is 15.1 Å². The number of hydrogen-bond acceptors (Lipinski definition) is 6. The molecule has 2 fully saturated rings. The third kappa shape index (κ3) is 4.80. The van der Waals surface area contributed by atoms with Crippen LogP contribution in [0.4, 0.5) is 11.8 Å². The fraction of sp³-hybridized carbons (Fsp3) is 0.778. The monoisotopic (exact) mass is 332 g/mol.